The van der Waals surface area contributed by atoms with E-state index in [4.69, 9.17) is 29.9 Å². The number of benzene rings is 1. The minimum atomic E-state index is 0.747. The predicted octanol–water partition coefficient (Wildman–Crippen LogP) is 8.45. The summed E-state index contributed by atoms with van der Waals surface area (Å²) in [5.74, 6) is 0. The molecule has 0 spiro atoms. The Morgan fingerprint density at radius 2 is 0.367 bits per heavy atom. The number of anilines is 6. The van der Waals surface area contributed by atoms with E-state index in [0.29, 0.717) is 0 Å². The molecule has 7 aromatic rings. The summed E-state index contributed by atoms with van der Waals surface area (Å²) in [5, 5.41) is 0. The van der Waals surface area contributed by atoms with Gasteiger partial charge >= 0.3 is 0 Å². The van der Waals surface area contributed by atoms with Crippen LogP contribution in [0.25, 0.3) is 67.5 Å². The van der Waals surface area contributed by atoms with Crippen molar-refractivity contribution in [2.24, 2.45) is 0 Å². The lowest BCUT2D eigenvalue weighted by molar-refractivity contribution is 1.11. The molecular formula is C48H54N12. The van der Waals surface area contributed by atoms with Crippen molar-refractivity contribution in [1.82, 2.24) is 29.9 Å². The van der Waals surface area contributed by atoms with Gasteiger partial charge in [-0.3, -0.25) is 29.9 Å². The highest BCUT2D eigenvalue weighted by molar-refractivity contribution is 6.13. The fourth-order valence-electron chi connectivity index (χ4n) is 7.29. The summed E-state index contributed by atoms with van der Waals surface area (Å²) in [4.78, 5) is 43.8. The van der Waals surface area contributed by atoms with E-state index in [9.17, 15) is 0 Å². The second kappa shape index (κ2) is 17.0. The molecule has 0 saturated carbocycles. The molecule has 60 heavy (non-hydrogen) atoms. The first-order valence-electron chi connectivity index (χ1n) is 19.8. The Hall–Kier alpha value is -7.08. The first-order chi connectivity index (χ1) is 28.7. The number of nitrogens with zero attached hydrogens (tertiary/aromatic N) is 12. The summed E-state index contributed by atoms with van der Waals surface area (Å²) in [5.41, 5.74) is 15.5. The van der Waals surface area contributed by atoms with Crippen molar-refractivity contribution in [2.75, 3.05) is 114 Å². The Morgan fingerprint density at radius 1 is 0.233 bits per heavy atom. The van der Waals surface area contributed by atoms with Gasteiger partial charge < -0.3 is 29.4 Å². The zero-order valence-corrected chi connectivity index (χ0v) is 36.8. The molecule has 0 saturated heterocycles. The van der Waals surface area contributed by atoms with Gasteiger partial charge in [-0.05, 0) is 72.8 Å². The zero-order chi connectivity index (χ0) is 42.8. The van der Waals surface area contributed by atoms with Gasteiger partial charge in [0.2, 0.25) is 0 Å². The van der Waals surface area contributed by atoms with Gasteiger partial charge in [0, 0.05) is 189 Å². The number of pyridine rings is 6. The highest BCUT2D eigenvalue weighted by Crippen LogP contribution is 2.55. The summed E-state index contributed by atoms with van der Waals surface area (Å²) in [6.45, 7) is 0. The molecule has 0 aliphatic carbocycles. The van der Waals surface area contributed by atoms with Crippen LogP contribution in [0.15, 0.2) is 110 Å². The van der Waals surface area contributed by atoms with Crippen molar-refractivity contribution in [3.63, 3.8) is 0 Å². The molecule has 12 nitrogen and oxygen atoms in total. The van der Waals surface area contributed by atoms with E-state index in [2.05, 4.69) is 65.8 Å². The molecule has 0 fully saturated rings. The minimum absolute atomic E-state index is 0.747. The number of rotatable bonds is 12. The Balaban J connectivity index is 1.88. The van der Waals surface area contributed by atoms with Crippen LogP contribution in [-0.2, 0) is 0 Å². The van der Waals surface area contributed by atoms with Gasteiger partial charge in [-0.1, -0.05) is 0 Å². The maximum Gasteiger partial charge on any atom is 0.0736 e. The molecule has 6 heterocycles. The average molecular weight is 799 g/mol. The van der Waals surface area contributed by atoms with E-state index in [1.165, 1.54) is 0 Å². The molecule has 0 aliphatic heterocycles. The minimum Gasteiger partial charge on any atom is -0.378 e. The molecule has 0 amide bonds. The molecule has 0 atom stereocenters. The predicted molar refractivity (Wildman–Crippen MR) is 252 cm³/mol. The second-order valence-corrected chi connectivity index (χ2v) is 16.0. The lowest BCUT2D eigenvalue weighted by Gasteiger charge is -2.28. The van der Waals surface area contributed by atoms with E-state index in [1.807, 2.05) is 158 Å². The molecule has 0 aliphatic rings. The topological polar surface area (TPSA) is 96.8 Å². The molecule has 6 aromatic heterocycles. The van der Waals surface area contributed by atoms with Gasteiger partial charge in [0.1, 0.15) is 0 Å². The summed E-state index contributed by atoms with van der Waals surface area (Å²) < 4.78 is 0. The van der Waals surface area contributed by atoms with Crippen LogP contribution < -0.4 is 29.4 Å². The van der Waals surface area contributed by atoms with Crippen LogP contribution in [0.1, 0.15) is 0 Å². The Bertz CT molecular complexity index is 2160. The Kier molecular flexibility index (Phi) is 11.7. The molecule has 0 radical (unpaired) electrons. The highest BCUT2D eigenvalue weighted by atomic mass is 15.1. The molecular weight excluding hydrogens is 745 g/mol. The molecule has 0 unspecified atom stereocenters. The standard InChI is InChI=1S/C48H54N12/c1-55(2)31-13-19-49-37(25-31)43-44(38-26-32(56(3)4)14-20-50-38)46(40-28-34(58(7)8)16-22-52-40)48(42-30-36(60(11)12)18-24-54-42)47(41-29-35(59(9)10)17-23-53-41)45(43)39-27-33(57(5)6)15-21-51-39/h13-30H,1-12H3. The normalized spacial score (nSPS) is 11.0. The molecule has 0 bridgehead atoms. The van der Waals surface area contributed by atoms with Crippen molar-refractivity contribution < 1.29 is 0 Å². The molecule has 1 aromatic carbocycles. The van der Waals surface area contributed by atoms with Crippen LogP contribution in [0.4, 0.5) is 34.1 Å². The van der Waals surface area contributed by atoms with E-state index in [0.717, 1.165) is 102 Å². The van der Waals surface area contributed by atoms with Crippen LogP contribution in [0, 0.1) is 0 Å². The zero-order valence-electron chi connectivity index (χ0n) is 36.8. The monoisotopic (exact) mass is 798 g/mol. The number of aromatic nitrogens is 6. The maximum absolute atomic E-state index is 5.20. The Labute approximate surface area is 354 Å². The van der Waals surface area contributed by atoms with Gasteiger partial charge in [-0.15, -0.1) is 0 Å². The summed E-state index contributed by atoms with van der Waals surface area (Å²) >= 11 is 0. The van der Waals surface area contributed by atoms with Gasteiger partial charge in [0.25, 0.3) is 0 Å². The van der Waals surface area contributed by atoms with Crippen molar-refractivity contribution in [3.05, 3.63) is 110 Å². The van der Waals surface area contributed by atoms with Crippen molar-refractivity contribution in [3.8, 4) is 67.5 Å². The fourth-order valence-corrected chi connectivity index (χ4v) is 7.29. The Morgan fingerprint density at radius 3 is 0.483 bits per heavy atom. The van der Waals surface area contributed by atoms with Crippen molar-refractivity contribution in [2.45, 2.75) is 0 Å². The van der Waals surface area contributed by atoms with Crippen molar-refractivity contribution >= 4 is 34.1 Å². The smallest absolute Gasteiger partial charge is 0.0736 e. The maximum atomic E-state index is 5.20. The third-order valence-corrected chi connectivity index (χ3v) is 10.6. The number of hydrogen-bond acceptors (Lipinski definition) is 12. The third-order valence-electron chi connectivity index (χ3n) is 10.6. The summed E-state index contributed by atoms with van der Waals surface area (Å²) in [7, 11) is 24.5. The van der Waals surface area contributed by atoms with Crippen LogP contribution in [0.5, 0.6) is 0 Å². The van der Waals surface area contributed by atoms with Crippen LogP contribution >= 0.6 is 0 Å². The van der Waals surface area contributed by atoms with Crippen LogP contribution in [0.2, 0.25) is 0 Å². The van der Waals surface area contributed by atoms with E-state index >= 15 is 0 Å². The van der Waals surface area contributed by atoms with Crippen molar-refractivity contribution in [1.29, 1.82) is 0 Å². The fraction of sp³-hybridized carbons (Fsp3) is 0.250. The molecule has 306 valence electrons. The quantitative estimate of drug-likeness (QED) is 0.119. The average Bonchev–Trinajstić information content (AvgIpc) is 3.25. The summed E-state index contributed by atoms with van der Waals surface area (Å²) in [6.07, 6.45) is 11.2. The molecule has 12 heteroatoms. The lowest BCUT2D eigenvalue weighted by atomic mass is 9.78. The van der Waals surface area contributed by atoms with Gasteiger partial charge in [0.05, 0.1) is 34.2 Å². The highest BCUT2D eigenvalue weighted by Gasteiger charge is 2.33. The van der Waals surface area contributed by atoms with E-state index < -0.39 is 0 Å². The SMILES string of the molecule is CN(C)c1ccnc(-c2c(-c3cc(N(C)C)ccn3)c(-c3cc(N(C)C)ccn3)c(-c3cc(N(C)C)ccn3)c(-c3cc(N(C)C)ccn3)c2-c2cc(N(C)C)ccn2)c1. The van der Waals surface area contributed by atoms with Gasteiger partial charge in [-0.25, -0.2) is 0 Å². The van der Waals surface area contributed by atoms with Gasteiger partial charge in [0.15, 0.2) is 0 Å². The largest absolute Gasteiger partial charge is 0.378 e. The van der Waals surface area contributed by atoms with Crippen LogP contribution in [0.3, 0.4) is 0 Å². The van der Waals surface area contributed by atoms with E-state index in [-0.39, 0.29) is 0 Å². The first kappa shape index (κ1) is 41.1. The van der Waals surface area contributed by atoms with Gasteiger partial charge in [-0.2, -0.15) is 0 Å². The van der Waals surface area contributed by atoms with Crippen LogP contribution in [-0.4, -0.2) is 114 Å². The molecule has 0 N–H and O–H groups in total. The lowest BCUT2D eigenvalue weighted by Crippen LogP contribution is -2.12. The summed E-state index contributed by atoms with van der Waals surface area (Å²) in [6, 6.07) is 25.0. The number of hydrogen-bond donors (Lipinski definition) is 0. The van der Waals surface area contributed by atoms with E-state index in [1.54, 1.807) is 0 Å². The second-order valence-electron chi connectivity index (χ2n) is 16.0. The molecule has 7 rings (SSSR count). The third kappa shape index (κ3) is 8.13. The first-order valence-corrected chi connectivity index (χ1v) is 19.8.